The predicted octanol–water partition coefficient (Wildman–Crippen LogP) is 17.5. The molecule has 4 nitrogen and oxygen atoms in total. The zero-order valence-electron chi connectivity index (χ0n) is 45.9. The number of rotatable bonds is 6. The average Bonchev–Trinajstić information content (AvgIpc) is 3.75. The molecule has 0 radical (unpaired) electrons. The molecule has 3 heterocycles. The molecular weight excluding hydrogens is 908 g/mol. The average molecular weight is 977 g/mol. The van der Waals surface area contributed by atoms with Crippen LogP contribution in [0.15, 0.2) is 200 Å². The fraction of sp³-hybridized carbons (Fsp3) is 0.229. The van der Waals surface area contributed by atoms with Crippen molar-refractivity contribution in [3.05, 3.63) is 222 Å². The molecular formula is C70H69BN4. The summed E-state index contributed by atoms with van der Waals surface area (Å²) in [6, 6.07) is 76.2. The van der Waals surface area contributed by atoms with Crippen molar-refractivity contribution >= 4 is 96.1 Å². The van der Waals surface area contributed by atoms with Crippen LogP contribution in [0.4, 0.5) is 51.2 Å². The maximum atomic E-state index is 2.57. The fourth-order valence-corrected chi connectivity index (χ4v) is 11.8. The van der Waals surface area contributed by atoms with Gasteiger partial charge in [-0.05, 0) is 157 Å². The van der Waals surface area contributed by atoms with E-state index in [9.17, 15) is 0 Å². The van der Waals surface area contributed by atoms with Crippen molar-refractivity contribution in [3.8, 4) is 5.69 Å². The Kier molecular flexibility index (Phi) is 11.2. The van der Waals surface area contributed by atoms with E-state index in [-0.39, 0.29) is 28.4 Å². The molecule has 0 unspecified atom stereocenters. The maximum absolute atomic E-state index is 2.57. The summed E-state index contributed by atoms with van der Waals surface area (Å²) in [4.78, 5) is 7.60. The van der Waals surface area contributed by atoms with Gasteiger partial charge in [-0.15, -0.1) is 0 Å². The summed E-state index contributed by atoms with van der Waals surface area (Å²) in [6.45, 7) is 27.6. The van der Waals surface area contributed by atoms with Crippen molar-refractivity contribution in [3.63, 3.8) is 0 Å². The van der Waals surface area contributed by atoms with Gasteiger partial charge in [-0.3, -0.25) is 0 Å². The largest absolute Gasteiger partial charge is 0.311 e. The molecule has 2 aliphatic rings. The van der Waals surface area contributed by atoms with Crippen LogP contribution in [0.5, 0.6) is 0 Å². The number of anilines is 9. The predicted molar refractivity (Wildman–Crippen MR) is 324 cm³/mol. The molecule has 0 fully saturated rings. The number of aromatic nitrogens is 1. The van der Waals surface area contributed by atoms with Crippen molar-refractivity contribution in [2.75, 3.05) is 14.7 Å². The lowest BCUT2D eigenvalue weighted by Crippen LogP contribution is -2.61. The van der Waals surface area contributed by atoms with Crippen LogP contribution in [0.1, 0.15) is 105 Å². The normalized spacial score (nSPS) is 13.5. The van der Waals surface area contributed by atoms with E-state index in [1.54, 1.807) is 0 Å². The molecule has 1 aromatic heterocycles. The van der Waals surface area contributed by atoms with Crippen LogP contribution in [0, 0.1) is 0 Å². The second kappa shape index (κ2) is 17.4. The van der Waals surface area contributed by atoms with Crippen LogP contribution in [0.3, 0.4) is 0 Å². The SMILES string of the molecule is CC(C)(C)c1ccc(N(c2ccc(C(C)(C)C)cc2)c2cc3c4c(c2)N(c2ccc(C(C)(C)C)cc2)c2ccc(C(C)(C)C)cc2B4c2cc(-n4c5ccccc5c5ccccc54)ccc2N3c2ccccc2)cc1. The lowest BCUT2D eigenvalue weighted by Gasteiger charge is -2.45. The molecule has 372 valence electrons. The molecule has 9 aromatic carbocycles. The summed E-state index contributed by atoms with van der Waals surface area (Å²) in [6.07, 6.45) is 0. The Hall–Kier alpha value is -7.76. The van der Waals surface area contributed by atoms with E-state index in [4.69, 9.17) is 0 Å². The topological polar surface area (TPSA) is 14.7 Å². The zero-order valence-corrected chi connectivity index (χ0v) is 45.9. The van der Waals surface area contributed by atoms with Gasteiger partial charge in [0, 0.05) is 62.0 Å². The van der Waals surface area contributed by atoms with Gasteiger partial charge in [-0.25, -0.2) is 0 Å². The summed E-state index contributed by atoms with van der Waals surface area (Å²) in [5.41, 5.74) is 22.9. The molecule has 0 saturated carbocycles. The molecule has 0 saturated heterocycles. The van der Waals surface area contributed by atoms with Crippen LogP contribution in [0.2, 0.25) is 0 Å². The summed E-state index contributed by atoms with van der Waals surface area (Å²) in [5.74, 6) is 0. The summed E-state index contributed by atoms with van der Waals surface area (Å²) in [5, 5.41) is 2.52. The van der Waals surface area contributed by atoms with Crippen molar-refractivity contribution in [2.24, 2.45) is 0 Å². The van der Waals surface area contributed by atoms with E-state index >= 15 is 0 Å². The molecule has 0 amide bonds. The second-order valence-corrected chi connectivity index (χ2v) is 25.2. The highest BCUT2D eigenvalue weighted by molar-refractivity contribution is 7.00. The summed E-state index contributed by atoms with van der Waals surface area (Å²) < 4.78 is 2.48. The monoisotopic (exact) mass is 977 g/mol. The van der Waals surface area contributed by atoms with Crippen molar-refractivity contribution < 1.29 is 0 Å². The number of fused-ring (bicyclic) bond motifs is 7. The first-order valence-electron chi connectivity index (χ1n) is 27.0. The van der Waals surface area contributed by atoms with Gasteiger partial charge < -0.3 is 19.3 Å². The Balaban J connectivity index is 1.19. The first-order chi connectivity index (χ1) is 35.7. The maximum Gasteiger partial charge on any atom is 0.252 e. The lowest BCUT2D eigenvalue weighted by atomic mass is 9.33. The molecule has 10 aromatic rings. The first kappa shape index (κ1) is 48.2. The van der Waals surface area contributed by atoms with Crippen molar-refractivity contribution in [1.29, 1.82) is 0 Å². The Morgan fingerprint density at radius 2 is 0.707 bits per heavy atom. The van der Waals surface area contributed by atoms with Crippen LogP contribution in [0.25, 0.3) is 27.5 Å². The highest BCUT2D eigenvalue weighted by Gasteiger charge is 2.45. The van der Waals surface area contributed by atoms with Gasteiger partial charge in [0.05, 0.1) is 16.7 Å². The van der Waals surface area contributed by atoms with Gasteiger partial charge in [-0.1, -0.05) is 186 Å². The molecule has 0 atom stereocenters. The fourth-order valence-electron chi connectivity index (χ4n) is 11.8. The van der Waals surface area contributed by atoms with Crippen molar-refractivity contribution in [2.45, 2.75) is 105 Å². The Labute approximate surface area is 446 Å². The lowest BCUT2D eigenvalue weighted by molar-refractivity contribution is 0.590. The third-order valence-corrected chi connectivity index (χ3v) is 16.0. The molecule has 0 bridgehead atoms. The molecule has 0 spiro atoms. The number of nitrogens with zero attached hydrogens (tertiary/aromatic N) is 4. The standard InChI is InChI=1S/C70H69BN4/c1-67(2,3)46-26-33-51(34-27-46)72(52-35-28-47(29-36-52)68(4,5)6)55-44-64-66-65(45-55)74(53-37-30-48(31-38-53)69(7,8)9)62-40-32-49(70(10,11)12)42-58(62)71(66)59-43-54(39-41-63(59)73(64)50-20-14-13-15-21-50)75-60-24-18-16-22-56(60)57-23-17-19-25-61(57)75/h13-45H,1-12H3. The Bertz CT molecular complexity index is 3690. The number of para-hydroxylation sites is 3. The van der Waals surface area contributed by atoms with Gasteiger partial charge in [0.2, 0.25) is 0 Å². The summed E-state index contributed by atoms with van der Waals surface area (Å²) >= 11 is 0. The quantitative estimate of drug-likeness (QED) is 0.154. The van der Waals surface area contributed by atoms with E-state index in [1.807, 2.05) is 0 Å². The number of hydrogen-bond donors (Lipinski definition) is 0. The number of hydrogen-bond acceptors (Lipinski definition) is 3. The smallest absolute Gasteiger partial charge is 0.252 e. The third-order valence-electron chi connectivity index (χ3n) is 16.0. The minimum atomic E-state index is -0.0972. The Morgan fingerprint density at radius 1 is 0.320 bits per heavy atom. The van der Waals surface area contributed by atoms with Gasteiger partial charge >= 0.3 is 0 Å². The molecule has 5 heteroatoms. The molecule has 75 heavy (non-hydrogen) atoms. The van der Waals surface area contributed by atoms with Gasteiger partial charge in [0.15, 0.2) is 0 Å². The minimum Gasteiger partial charge on any atom is -0.311 e. The van der Waals surface area contributed by atoms with Crippen LogP contribution >= 0.6 is 0 Å². The molecule has 0 aliphatic carbocycles. The van der Waals surface area contributed by atoms with E-state index in [0.717, 1.165) is 34.1 Å². The van der Waals surface area contributed by atoms with Gasteiger partial charge in [-0.2, -0.15) is 0 Å². The number of benzene rings is 9. The molecule has 2 aliphatic heterocycles. The van der Waals surface area contributed by atoms with Crippen LogP contribution in [-0.4, -0.2) is 11.3 Å². The van der Waals surface area contributed by atoms with Gasteiger partial charge in [0.25, 0.3) is 6.71 Å². The van der Waals surface area contributed by atoms with E-state index < -0.39 is 0 Å². The highest BCUT2D eigenvalue weighted by Crippen LogP contribution is 2.49. The van der Waals surface area contributed by atoms with E-state index in [2.05, 4.69) is 303 Å². The molecule has 12 rings (SSSR count). The first-order valence-corrected chi connectivity index (χ1v) is 27.0. The summed E-state index contributed by atoms with van der Waals surface area (Å²) in [7, 11) is 0. The van der Waals surface area contributed by atoms with E-state index in [1.165, 1.54) is 83.2 Å². The highest BCUT2D eigenvalue weighted by atomic mass is 15.2. The zero-order chi connectivity index (χ0) is 52.3. The third kappa shape index (κ3) is 8.23. The minimum absolute atomic E-state index is 0.00364. The van der Waals surface area contributed by atoms with Gasteiger partial charge in [0.1, 0.15) is 0 Å². The van der Waals surface area contributed by atoms with Crippen molar-refractivity contribution in [1.82, 2.24) is 4.57 Å². The molecule has 0 N–H and O–H groups in total. The Morgan fingerprint density at radius 3 is 1.19 bits per heavy atom. The van der Waals surface area contributed by atoms with E-state index in [0.29, 0.717) is 0 Å². The van der Waals surface area contributed by atoms with Crippen LogP contribution in [-0.2, 0) is 21.7 Å². The van der Waals surface area contributed by atoms with Crippen LogP contribution < -0.4 is 31.1 Å². The second-order valence-electron chi connectivity index (χ2n) is 25.2.